The second-order valence-electron chi connectivity index (χ2n) is 17.3. The van der Waals surface area contributed by atoms with Crippen LogP contribution >= 0.6 is 23.5 Å². The number of rotatable bonds is 18. The molecule has 1 aliphatic carbocycles. The summed E-state index contributed by atoms with van der Waals surface area (Å²) in [4.78, 5) is 30.1. The molecule has 0 bridgehead atoms. The third-order valence-electron chi connectivity index (χ3n) is 13.1. The van der Waals surface area contributed by atoms with Crippen molar-refractivity contribution in [3.63, 3.8) is 0 Å². The van der Waals surface area contributed by atoms with Crippen LogP contribution in [0.25, 0.3) is 11.1 Å². The summed E-state index contributed by atoms with van der Waals surface area (Å²) >= 11 is 3.67. The van der Waals surface area contributed by atoms with Gasteiger partial charge in [0.05, 0.1) is 9.49 Å². The maximum atomic E-state index is 14.7. The van der Waals surface area contributed by atoms with Gasteiger partial charge < -0.3 is 15.0 Å². The number of benzene rings is 8. The van der Waals surface area contributed by atoms with Crippen molar-refractivity contribution in [1.29, 1.82) is 0 Å². The Morgan fingerprint density at radius 2 is 0.809 bits per heavy atom. The van der Waals surface area contributed by atoms with E-state index in [9.17, 15) is 9.59 Å². The molecule has 0 radical (unpaired) electrons. The van der Waals surface area contributed by atoms with Crippen LogP contribution in [-0.4, -0.2) is 54.6 Å². The van der Waals surface area contributed by atoms with Gasteiger partial charge in [0.15, 0.2) is 0 Å². The number of alkyl carbamates (subject to hydrolysis) is 1. The number of aryl methyl sites for hydroxylation is 2. The third kappa shape index (κ3) is 9.78. The molecular formula is C61H56N2O3S2. The molecule has 9 rings (SSSR count). The van der Waals surface area contributed by atoms with Gasteiger partial charge in [-0.1, -0.05) is 230 Å². The first-order valence-electron chi connectivity index (χ1n) is 23.4. The fraction of sp³-hybridized carbons (Fsp3) is 0.180. The van der Waals surface area contributed by atoms with Crippen molar-refractivity contribution in [2.75, 3.05) is 37.7 Å². The lowest BCUT2D eigenvalue weighted by Gasteiger charge is -2.37. The van der Waals surface area contributed by atoms with Crippen molar-refractivity contribution in [1.82, 2.24) is 10.2 Å². The molecule has 8 aromatic carbocycles. The van der Waals surface area contributed by atoms with E-state index in [0.29, 0.717) is 24.6 Å². The lowest BCUT2D eigenvalue weighted by Crippen LogP contribution is -2.43. The fourth-order valence-electron chi connectivity index (χ4n) is 9.66. The average Bonchev–Trinajstić information content (AvgIpc) is 3.72. The summed E-state index contributed by atoms with van der Waals surface area (Å²) in [6, 6.07) is 76.9. The molecule has 7 heteroatoms. The minimum atomic E-state index is -0.609. The summed E-state index contributed by atoms with van der Waals surface area (Å²) in [6.07, 6.45) is -0.609. The molecule has 0 heterocycles. The Kier molecular flexibility index (Phi) is 14.6. The Morgan fingerprint density at radius 3 is 1.19 bits per heavy atom. The zero-order valence-corrected chi connectivity index (χ0v) is 40.2. The van der Waals surface area contributed by atoms with E-state index < -0.39 is 15.6 Å². The fourth-order valence-corrected chi connectivity index (χ4v) is 12.7. The molecule has 5 nitrogen and oxygen atoms in total. The molecule has 68 heavy (non-hydrogen) atoms. The van der Waals surface area contributed by atoms with Crippen LogP contribution in [0.4, 0.5) is 4.79 Å². The third-order valence-corrected chi connectivity index (χ3v) is 16.1. The summed E-state index contributed by atoms with van der Waals surface area (Å²) in [5.74, 6) is 1.000. The van der Waals surface area contributed by atoms with Crippen molar-refractivity contribution in [3.8, 4) is 11.1 Å². The molecule has 2 amide bonds. The zero-order valence-electron chi connectivity index (χ0n) is 38.6. The first-order valence-corrected chi connectivity index (χ1v) is 25.3. The number of nitrogens with zero attached hydrogens (tertiary/aromatic N) is 1. The van der Waals surface area contributed by atoms with Crippen molar-refractivity contribution in [3.05, 3.63) is 274 Å². The molecule has 1 aliphatic rings. The average molecular weight is 929 g/mol. The summed E-state index contributed by atoms with van der Waals surface area (Å²) in [5.41, 5.74) is 14.0. The molecule has 0 aromatic heterocycles. The molecular weight excluding hydrogens is 873 g/mol. The Labute approximate surface area is 410 Å². The number of hydrogen-bond acceptors (Lipinski definition) is 5. The van der Waals surface area contributed by atoms with Gasteiger partial charge in [-0.05, 0) is 69.5 Å². The number of carbonyl (C=O) groups is 2. The molecule has 1 N–H and O–H groups in total. The van der Waals surface area contributed by atoms with E-state index in [4.69, 9.17) is 4.74 Å². The largest absolute Gasteiger partial charge is 0.449 e. The second-order valence-corrected chi connectivity index (χ2v) is 19.9. The Morgan fingerprint density at radius 1 is 0.471 bits per heavy atom. The zero-order chi connectivity index (χ0) is 46.8. The summed E-state index contributed by atoms with van der Waals surface area (Å²) in [6.45, 7) is 5.13. The summed E-state index contributed by atoms with van der Waals surface area (Å²) < 4.78 is 4.79. The Hall–Kier alpha value is -6.80. The lowest BCUT2D eigenvalue weighted by atomic mass is 9.84. The van der Waals surface area contributed by atoms with Crippen molar-refractivity contribution in [2.45, 2.75) is 29.3 Å². The number of ether oxygens (including phenoxy) is 1. The van der Waals surface area contributed by atoms with Crippen molar-refractivity contribution >= 4 is 35.5 Å². The highest BCUT2D eigenvalue weighted by molar-refractivity contribution is 8.00. The quantitative estimate of drug-likeness (QED) is 0.0869. The first-order chi connectivity index (χ1) is 33.4. The molecule has 0 fully saturated rings. The predicted octanol–water partition coefficient (Wildman–Crippen LogP) is 13.4. The van der Waals surface area contributed by atoms with Crippen molar-refractivity contribution < 1.29 is 14.3 Å². The van der Waals surface area contributed by atoms with E-state index in [2.05, 4.69) is 213 Å². The number of nitrogens with one attached hydrogen (secondary N) is 1. The van der Waals surface area contributed by atoms with Crippen LogP contribution in [0.15, 0.2) is 218 Å². The van der Waals surface area contributed by atoms with E-state index >= 15 is 0 Å². The van der Waals surface area contributed by atoms with Gasteiger partial charge in [-0.15, -0.1) is 23.5 Å². The maximum absolute atomic E-state index is 14.7. The minimum Gasteiger partial charge on any atom is -0.449 e. The topological polar surface area (TPSA) is 58.6 Å². The number of carbonyl (C=O) groups excluding carboxylic acids is 2. The van der Waals surface area contributed by atoms with Gasteiger partial charge in [0, 0.05) is 30.5 Å². The second kappa shape index (κ2) is 21.4. The Bertz CT molecular complexity index is 2650. The van der Waals surface area contributed by atoms with E-state index in [1.807, 2.05) is 52.7 Å². The van der Waals surface area contributed by atoms with Gasteiger partial charge in [0.2, 0.25) is 5.91 Å². The monoisotopic (exact) mass is 928 g/mol. The SMILES string of the molecule is Cc1ccc(C(SCCN(CCSC(c2ccccc2)(c2ccccc2)c2ccc(C)cc2)C(=O)CNC(=O)OCC2c3ccccc3-c3ccccc32)(c2ccccc2)c2ccccc2)cc1. The van der Waals surface area contributed by atoms with E-state index in [-0.39, 0.29) is 25.0 Å². The number of amides is 2. The highest BCUT2D eigenvalue weighted by Gasteiger charge is 2.39. The van der Waals surface area contributed by atoms with Crippen LogP contribution in [-0.2, 0) is 19.0 Å². The highest BCUT2D eigenvalue weighted by atomic mass is 32.2. The Balaban J connectivity index is 0.992. The maximum Gasteiger partial charge on any atom is 0.407 e. The van der Waals surface area contributed by atoms with Crippen LogP contribution in [0.3, 0.4) is 0 Å². The van der Waals surface area contributed by atoms with Gasteiger partial charge in [0.25, 0.3) is 0 Å². The summed E-state index contributed by atoms with van der Waals surface area (Å²) in [5, 5.41) is 2.85. The smallest absolute Gasteiger partial charge is 0.407 e. The standard InChI is InChI=1S/C61H56N2O3S2/c1-45-31-35-51(36-32-45)60(47-19-7-3-8-20-47,48-21-9-4-10-22-48)67-41-39-63(58(64)43-62-59(65)66-44-57-55-29-17-15-27-53(55)54-28-16-18-30-56(54)57)40-42-68-61(49-23-11-5-12-24-49,50-25-13-6-14-26-50)52-37-33-46(2)34-38-52/h3-38,57H,39-44H2,1-2H3,(H,62,65). The van der Waals surface area contributed by atoms with Gasteiger partial charge in [-0.2, -0.15) is 0 Å². The lowest BCUT2D eigenvalue weighted by molar-refractivity contribution is -0.129. The molecule has 0 aliphatic heterocycles. The highest BCUT2D eigenvalue weighted by Crippen LogP contribution is 2.50. The molecule has 0 unspecified atom stereocenters. The molecule has 0 saturated carbocycles. The van der Waals surface area contributed by atoms with E-state index in [0.717, 1.165) is 22.3 Å². The van der Waals surface area contributed by atoms with Gasteiger partial charge in [-0.25, -0.2) is 4.79 Å². The van der Waals surface area contributed by atoms with E-state index in [1.165, 1.54) is 44.5 Å². The van der Waals surface area contributed by atoms with E-state index in [1.54, 1.807) is 0 Å². The van der Waals surface area contributed by atoms with Crippen LogP contribution < -0.4 is 5.32 Å². The molecule has 0 atom stereocenters. The molecule has 340 valence electrons. The van der Waals surface area contributed by atoms with Gasteiger partial charge >= 0.3 is 6.09 Å². The number of hydrogen-bond donors (Lipinski definition) is 1. The summed E-state index contributed by atoms with van der Waals surface area (Å²) in [7, 11) is 0. The van der Waals surface area contributed by atoms with Crippen LogP contribution in [0, 0.1) is 13.8 Å². The predicted molar refractivity (Wildman–Crippen MR) is 282 cm³/mol. The van der Waals surface area contributed by atoms with Gasteiger partial charge in [-0.3, -0.25) is 4.79 Å². The first kappa shape index (κ1) is 46.3. The number of thioether (sulfide) groups is 2. The molecule has 0 spiro atoms. The van der Waals surface area contributed by atoms with Crippen LogP contribution in [0.2, 0.25) is 0 Å². The molecule has 0 saturated heterocycles. The number of fused-ring (bicyclic) bond motifs is 3. The van der Waals surface area contributed by atoms with Gasteiger partial charge in [0.1, 0.15) is 13.2 Å². The van der Waals surface area contributed by atoms with Crippen LogP contribution in [0.1, 0.15) is 61.6 Å². The minimum absolute atomic E-state index is 0.0829. The van der Waals surface area contributed by atoms with Crippen LogP contribution in [0.5, 0.6) is 0 Å². The normalized spacial score (nSPS) is 12.2. The van der Waals surface area contributed by atoms with Crippen molar-refractivity contribution in [2.24, 2.45) is 0 Å². The molecule has 8 aromatic rings.